The van der Waals surface area contributed by atoms with Crippen molar-refractivity contribution in [1.82, 2.24) is 15.2 Å². The number of carbonyl (C=O) groups is 1. The molecule has 0 bridgehead atoms. The van der Waals surface area contributed by atoms with Crippen molar-refractivity contribution in [1.29, 1.82) is 0 Å². The lowest BCUT2D eigenvalue weighted by Gasteiger charge is -2.05. The van der Waals surface area contributed by atoms with E-state index in [0.717, 1.165) is 11.4 Å². The number of nitrogens with one attached hydrogen (secondary N) is 1. The molecule has 0 saturated heterocycles. The first-order chi connectivity index (χ1) is 13.0. The number of hydrazone groups is 1. The molecule has 0 spiro atoms. The lowest BCUT2D eigenvalue weighted by Crippen LogP contribution is -2.24. The van der Waals surface area contributed by atoms with E-state index < -0.39 is 5.91 Å². The van der Waals surface area contributed by atoms with Gasteiger partial charge in [0.1, 0.15) is 5.75 Å². The summed E-state index contributed by atoms with van der Waals surface area (Å²) in [7, 11) is 0. The van der Waals surface area contributed by atoms with Crippen molar-refractivity contribution in [3.8, 4) is 11.4 Å². The number of benzene rings is 2. The van der Waals surface area contributed by atoms with Gasteiger partial charge in [0.25, 0.3) is 5.91 Å². The van der Waals surface area contributed by atoms with Crippen molar-refractivity contribution < 1.29 is 9.53 Å². The van der Waals surface area contributed by atoms with Gasteiger partial charge >= 0.3 is 0 Å². The lowest BCUT2D eigenvalue weighted by molar-refractivity contribution is -0.123. The molecule has 3 aromatic rings. The second kappa shape index (κ2) is 8.70. The predicted molar refractivity (Wildman–Crippen MR) is 106 cm³/mol. The second-order valence-corrected chi connectivity index (χ2v) is 6.37. The summed E-state index contributed by atoms with van der Waals surface area (Å²) in [6.45, 7) is 1.70. The number of hydrogen-bond donors (Lipinski definition) is 1. The maximum atomic E-state index is 11.8. The third kappa shape index (κ3) is 4.87. The van der Waals surface area contributed by atoms with E-state index in [1.54, 1.807) is 28.9 Å². The fraction of sp³-hybridized carbons (Fsp3) is 0.105. The van der Waals surface area contributed by atoms with Crippen molar-refractivity contribution in [2.75, 3.05) is 6.61 Å². The molecule has 8 heteroatoms. The van der Waals surface area contributed by atoms with Gasteiger partial charge in [0.15, 0.2) is 11.8 Å². The summed E-state index contributed by atoms with van der Waals surface area (Å²) in [5.41, 5.74) is 4.72. The van der Waals surface area contributed by atoms with Gasteiger partial charge in [0.05, 0.1) is 23.2 Å². The Kier molecular flexibility index (Phi) is 6.11. The number of halogens is 2. The summed E-state index contributed by atoms with van der Waals surface area (Å²) in [6.07, 6.45) is 1.46. The van der Waals surface area contributed by atoms with Crippen molar-refractivity contribution in [2.24, 2.45) is 5.10 Å². The second-order valence-electron chi connectivity index (χ2n) is 5.57. The summed E-state index contributed by atoms with van der Waals surface area (Å²) in [6, 6.07) is 16.3. The molecule has 0 aliphatic carbocycles. The van der Waals surface area contributed by atoms with Crippen LogP contribution in [0.15, 0.2) is 59.7 Å². The molecule has 3 rings (SSSR count). The highest BCUT2D eigenvalue weighted by atomic mass is 35.5. The van der Waals surface area contributed by atoms with Crippen molar-refractivity contribution >= 4 is 35.3 Å². The predicted octanol–water partition coefficient (Wildman–Crippen LogP) is 4.02. The SMILES string of the molecule is Cc1c(/C=N\NC(=O)COc2ccc(Cl)cc2)c(Cl)nn1-c1ccccc1. The minimum atomic E-state index is -0.398. The first-order valence-corrected chi connectivity index (χ1v) is 8.81. The number of amides is 1. The summed E-state index contributed by atoms with van der Waals surface area (Å²) in [4.78, 5) is 11.8. The van der Waals surface area contributed by atoms with Crippen LogP contribution in [-0.4, -0.2) is 28.5 Å². The maximum absolute atomic E-state index is 11.8. The molecular weight excluding hydrogens is 387 g/mol. The van der Waals surface area contributed by atoms with Gasteiger partial charge in [-0.25, -0.2) is 10.1 Å². The van der Waals surface area contributed by atoms with Crippen LogP contribution in [0.25, 0.3) is 5.69 Å². The number of nitrogens with zero attached hydrogens (tertiary/aromatic N) is 3. The molecule has 1 heterocycles. The zero-order chi connectivity index (χ0) is 19.2. The highest BCUT2D eigenvalue weighted by molar-refractivity contribution is 6.32. The molecule has 2 aromatic carbocycles. The molecule has 138 valence electrons. The van der Waals surface area contributed by atoms with E-state index in [1.165, 1.54) is 6.21 Å². The average molecular weight is 403 g/mol. The van der Waals surface area contributed by atoms with E-state index in [4.69, 9.17) is 27.9 Å². The number of ether oxygens (including phenoxy) is 1. The summed E-state index contributed by atoms with van der Waals surface area (Å²) < 4.78 is 7.07. The molecular formula is C19H16Cl2N4O2. The molecule has 0 fully saturated rings. The molecule has 1 aromatic heterocycles. The molecule has 0 unspecified atom stereocenters. The lowest BCUT2D eigenvalue weighted by atomic mass is 10.2. The zero-order valence-corrected chi connectivity index (χ0v) is 15.9. The number of para-hydroxylation sites is 1. The van der Waals surface area contributed by atoms with Gasteiger partial charge in [-0.3, -0.25) is 4.79 Å². The molecule has 1 N–H and O–H groups in total. The average Bonchev–Trinajstić information content (AvgIpc) is 2.96. The van der Waals surface area contributed by atoms with Crippen LogP contribution >= 0.6 is 23.2 Å². The van der Waals surface area contributed by atoms with Gasteiger partial charge < -0.3 is 4.74 Å². The molecule has 0 atom stereocenters. The van der Waals surface area contributed by atoms with Crippen LogP contribution < -0.4 is 10.2 Å². The highest BCUT2D eigenvalue weighted by Crippen LogP contribution is 2.20. The van der Waals surface area contributed by atoms with Crippen LogP contribution in [0.5, 0.6) is 5.75 Å². The Morgan fingerprint density at radius 3 is 2.59 bits per heavy atom. The number of carbonyl (C=O) groups excluding carboxylic acids is 1. The van der Waals surface area contributed by atoms with E-state index >= 15 is 0 Å². The zero-order valence-electron chi connectivity index (χ0n) is 14.4. The monoisotopic (exact) mass is 402 g/mol. The maximum Gasteiger partial charge on any atom is 0.277 e. The van der Waals surface area contributed by atoms with E-state index in [0.29, 0.717) is 21.5 Å². The smallest absolute Gasteiger partial charge is 0.277 e. The van der Waals surface area contributed by atoms with Crippen molar-refractivity contribution in [3.63, 3.8) is 0 Å². The normalized spacial score (nSPS) is 10.9. The molecule has 0 aliphatic rings. The Morgan fingerprint density at radius 1 is 1.19 bits per heavy atom. The van der Waals surface area contributed by atoms with Gasteiger partial charge in [-0.05, 0) is 43.3 Å². The minimum absolute atomic E-state index is 0.172. The minimum Gasteiger partial charge on any atom is -0.484 e. The third-order valence-corrected chi connectivity index (χ3v) is 4.22. The Bertz CT molecular complexity index is 954. The third-order valence-electron chi connectivity index (χ3n) is 3.68. The van der Waals surface area contributed by atoms with Crippen LogP contribution in [0.3, 0.4) is 0 Å². The molecule has 27 heavy (non-hydrogen) atoms. The molecule has 1 amide bonds. The summed E-state index contributed by atoms with van der Waals surface area (Å²) in [5.74, 6) is 0.145. The van der Waals surface area contributed by atoms with Crippen LogP contribution in [0.1, 0.15) is 11.3 Å². The first-order valence-electron chi connectivity index (χ1n) is 8.05. The molecule has 6 nitrogen and oxygen atoms in total. The number of rotatable bonds is 6. The van der Waals surface area contributed by atoms with Gasteiger partial charge in [0.2, 0.25) is 0 Å². The summed E-state index contributed by atoms with van der Waals surface area (Å²) in [5, 5.41) is 9.13. The van der Waals surface area contributed by atoms with E-state index in [-0.39, 0.29) is 6.61 Å². The van der Waals surface area contributed by atoms with Crippen molar-refractivity contribution in [2.45, 2.75) is 6.92 Å². The van der Waals surface area contributed by atoms with E-state index in [1.807, 2.05) is 37.3 Å². The van der Waals surface area contributed by atoms with Crippen LogP contribution in [-0.2, 0) is 4.79 Å². The highest BCUT2D eigenvalue weighted by Gasteiger charge is 2.12. The largest absolute Gasteiger partial charge is 0.484 e. The molecule has 0 aliphatic heterocycles. The topological polar surface area (TPSA) is 68.5 Å². The van der Waals surface area contributed by atoms with Crippen LogP contribution in [0, 0.1) is 6.92 Å². The van der Waals surface area contributed by atoms with Gasteiger partial charge in [0, 0.05) is 5.02 Å². The van der Waals surface area contributed by atoms with Gasteiger partial charge in [-0.1, -0.05) is 41.4 Å². The summed E-state index contributed by atoms with van der Waals surface area (Å²) >= 11 is 12.0. The van der Waals surface area contributed by atoms with Crippen LogP contribution in [0.4, 0.5) is 0 Å². The van der Waals surface area contributed by atoms with E-state index in [2.05, 4.69) is 15.6 Å². The fourth-order valence-electron chi connectivity index (χ4n) is 2.33. The van der Waals surface area contributed by atoms with E-state index in [9.17, 15) is 4.79 Å². The fourth-order valence-corrected chi connectivity index (χ4v) is 2.72. The number of hydrogen-bond acceptors (Lipinski definition) is 4. The van der Waals surface area contributed by atoms with Crippen LogP contribution in [0.2, 0.25) is 10.2 Å². The van der Waals surface area contributed by atoms with Gasteiger partial charge in [-0.15, -0.1) is 0 Å². The Morgan fingerprint density at radius 2 is 1.89 bits per heavy atom. The number of aromatic nitrogens is 2. The Balaban J connectivity index is 1.60. The molecule has 0 saturated carbocycles. The molecule has 0 radical (unpaired) electrons. The van der Waals surface area contributed by atoms with Crippen molar-refractivity contribution in [3.05, 3.63) is 76.0 Å². The quantitative estimate of drug-likeness (QED) is 0.500. The Hall–Kier alpha value is -2.83. The van der Waals surface area contributed by atoms with Gasteiger partial charge in [-0.2, -0.15) is 10.2 Å². The Labute approximate surface area is 166 Å². The standard InChI is InChI=1S/C19H16Cl2N4O2/c1-13-17(19(21)24-25(13)15-5-3-2-4-6-15)11-22-23-18(26)12-27-16-9-7-14(20)8-10-16/h2-11H,12H2,1H3,(H,23,26)/b22-11-. The first kappa shape index (κ1) is 18.9.